The third-order valence-electron chi connectivity index (χ3n) is 4.96. The lowest BCUT2D eigenvalue weighted by atomic mass is 10.1. The monoisotopic (exact) mass is 463 g/mol. The second kappa shape index (κ2) is 11.6. The van der Waals surface area contributed by atoms with Gasteiger partial charge in [0, 0.05) is 12.1 Å². The Morgan fingerprint density at radius 3 is 2.03 bits per heavy atom. The van der Waals surface area contributed by atoms with Crippen molar-refractivity contribution in [1.29, 1.82) is 0 Å². The van der Waals surface area contributed by atoms with E-state index in [2.05, 4.69) is 5.32 Å². The minimum atomic E-state index is -0.333. The van der Waals surface area contributed by atoms with Crippen LogP contribution in [0.1, 0.15) is 16.7 Å². The first-order valence-electron chi connectivity index (χ1n) is 10.4. The number of halogens is 1. The van der Waals surface area contributed by atoms with Crippen LogP contribution in [0.2, 0.25) is 0 Å². The van der Waals surface area contributed by atoms with Gasteiger partial charge in [0.2, 0.25) is 11.7 Å². The minimum Gasteiger partial charge on any atom is -0.497 e. The molecule has 0 aliphatic rings. The van der Waals surface area contributed by atoms with E-state index < -0.39 is 0 Å². The molecule has 0 aliphatic heterocycles. The molecule has 3 aromatic rings. The van der Waals surface area contributed by atoms with Crippen LogP contribution in [-0.2, 0) is 4.79 Å². The van der Waals surface area contributed by atoms with E-state index in [1.807, 2.05) is 30.4 Å². The number of methoxy groups -OCH3 is 4. The highest BCUT2D eigenvalue weighted by molar-refractivity contribution is 6.03. The molecule has 0 aromatic heterocycles. The summed E-state index contributed by atoms with van der Waals surface area (Å²) in [6, 6.07) is 14.9. The molecule has 0 saturated heterocycles. The van der Waals surface area contributed by atoms with E-state index in [0.717, 1.165) is 11.1 Å². The van der Waals surface area contributed by atoms with Gasteiger partial charge in [-0.2, -0.15) is 0 Å². The molecule has 0 aliphatic carbocycles. The Balaban J connectivity index is 1.86. The highest BCUT2D eigenvalue weighted by Crippen LogP contribution is 2.38. The molecule has 3 aromatic carbocycles. The average Bonchev–Trinajstić information content (AvgIpc) is 2.86. The Hall–Kier alpha value is -4.26. The molecule has 0 unspecified atom stereocenters. The molecule has 0 fully saturated rings. The largest absolute Gasteiger partial charge is 0.497 e. The molecule has 1 amide bonds. The van der Waals surface area contributed by atoms with Gasteiger partial charge >= 0.3 is 0 Å². The van der Waals surface area contributed by atoms with E-state index in [1.165, 1.54) is 18.2 Å². The molecule has 0 radical (unpaired) electrons. The van der Waals surface area contributed by atoms with Crippen LogP contribution in [0.3, 0.4) is 0 Å². The van der Waals surface area contributed by atoms with E-state index in [1.54, 1.807) is 58.8 Å². The van der Waals surface area contributed by atoms with Crippen molar-refractivity contribution in [3.8, 4) is 23.0 Å². The fraction of sp³-hybridized carbons (Fsp3) is 0.148. The maximum atomic E-state index is 13.1. The van der Waals surface area contributed by atoms with Gasteiger partial charge in [-0.05, 0) is 59.2 Å². The molecule has 0 heterocycles. The third kappa shape index (κ3) is 6.16. The summed E-state index contributed by atoms with van der Waals surface area (Å²) in [4.78, 5) is 12.5. The van der Waals surface area contributed by atoms with E-state index in [0.29, 0.717) is 34.2 Å². The molecule has 34 heavy (non-hydrogen) atoms. The van der Waals surface area contributed by atoms with Gasteiger partial charge in [0.25, 0.3) is 0 Å². The lowest BCUT2D eigenvalue weighted by Crippen LogP contribution is -2.09. The zero-order chi connectivity index (χ0) is 24.5. The van der Waals surface area contributed by atoms with Crippen LogP contribution in [0.25, 0.3) is 18.2 Å². The molecule has 1 N–H and O–H groups in total. The summed E-state index contributed by atoms with van der Waals surface area (Å²) >= 11 is 0. The first-order valence-corrected chi connectivity index (χ1v) is 10.4. The molecular formula is C27H26FNO5. The van der Waals surface area contributed by atoms with Gasteiger partial charge in [-0.25, -0.2) is 4.39 Å². The number of hydrogen-bond acceptors (Lipinski definition) is 5. The zero-order valence-electron chi connectivity index (χ0n) is 19.4. The predicted octanol–water partition coefficient (Wildman–Crippen LogP) is 5.68. The highest BCUT2D eigenvalue weighted by Gasteiger charge is 2.12. The topological polar surface area (TPSA) is 66.0 Å². The number of hydrogen-bond donors (Lipinski definition) is 1. The lowest BCUT2D eigenvalue weighted by molar-refractivity contribution is -0.111. The highest BCUT2D eigenvalue weighted by atomic mass is 19.1. The maximum Gasteiger partial charge on any atom is 0.248 e. The van der Waals surface area contributed by atoms with Gasteiger partial charge in [0.05, 0.1) is 34.1 Å². The molecule has 0 bridgehead atoms. The Labute approximate surface area is 198 Å². The maximum absolute atomic E-state index is 13.1. The average molecular weight is 464 g/mol. The predicted molar refractivity (Wildman–Crippen MR) is 132 cm³/mol. The van der Waals surface area contributed by atoms with Crippen molar-refractivity contribution in [2.45, 2.75) is 0 Å². The van der Waals surface area contributed by atoms with Gasteiger partial charge < -0.3 is 24.3 Å². The van der Waals surface area contributed by atoms with E-state index in [-0.39, 0.29) is 11.7 Å². The SMILES string of the molecule is COc1ccc(/C=C/c2cc(OC)c(OC)c(OC)c2)c(NC(=O)/C=C/c2ccc(F)cc2)c1. The standard InChI is InChI=1S/C27H26FNO5/c1-31-22-13-10-20(9-5-19-15-24(32-2)27(34-4)25(16-19)33-3)23(17-22)29-26(30)14-8-18-6-11-21(28)12-7-18/h5-17H,1-4H3,(H,29,30)/b9-5+,14-8+. The summed E-state index contributed by atoms with van der Waals surface area (Å²) in [6.45, 7) is 0. The lowest BCUT2D eigenvalue weighted by Gasteiger charge is -2.13. The molecule has 7 heteroatoms. The fourth-order valence-corrected chi connectivity index (χ4v) is 3.22. The molecule has 0 spiro atoms. The van der Waals surface area contributed by atoms with Crippen LogP contribution in [0.4, 0.5) is 10.1 Å². The number of carbonyl (C=O) groups excluding carboxylic acids is 1. The Kier molecular flexibility index (Phi) is 8.29. The molecule has 176 valence electrons. The summed E-state index contributed by atoms with van der Waals surface area (Å²) in [5, 5.41) is 2.87. The van der Waals surface area contributed by atoms with Crippen LogP contribution in [0.15, 0.2) is 60.7 Å². The third-order valence-corrected chi connectivity index (χ3v) is 4.96. The smallest absolute Gasteiger partial charge is 0.248 e. The van der Waals surface area contributed by atoms with Crippen LogP contribution in [0.5, 0.6) is 23.0 Å². The Morgan fingerprint density at radius 1 is 0.765 bits per heavy atom. The van der Waals surface area contributed by atoms with Crippen molar-refractivity contribution in [3.63, 3.8) is 0 Å². The number of ether oxygens (including phenoxy) is 4. The van der Waals surface area contributed by atoms with Gasteiger partial charge in [-0.15, -0.1) is 0 Å². The summed E-state index contributed by atoms with van der Waals surface area (Å²) in [7, 11) is 6.22. The van der Waals surface area contributed by atoms with E-state index in [4.69, 9.17) is 18.9 Å². The summed E-state index contributed by atoms with van der Waals surface area (Å²) in [5.41, 5.74) is 2.86. The summed E-state index contributed by atoms with van der Waals surface area (Å²) in [5.74, 6) is 1.52. The van der Waals surface area contributed by atoms with Crippen LogP contribution >= 0.6 is 0 Å². The number of anilines is 1. The van der Waals surface area contributed by atoms with E-state index in [9.17, 15) is 9.18 Å². The number of benzene rings is 3. The van der Waals surface area contributed by atoms with Crippen LogP contribution in [-0.4, -0.2) is 34.3 Å². The van der Waals surface area contributed by atoms with Crippen molar-refractivity contribution >= 4 is 29.8 Å². The van der Waals surface area contributed by atoms with Crippen LogP contribution in [0, 0.1) is 5.82 Å². The molecule has 0 saturated carbocycles. The molecule has 3 rings (SSSR count). The normalized spacial score (nSPS) is 11.0. The van der Waals surface area contributed by atoms with Gasteiger partial charge in [0.1, 0.15) is 11.6 Å². The second-order valence-corrected chi connectivity index (χ2v) is 7.12. The zero-order valence-corrected chi connectivity index (χ0v) is 19.4. The first-order chi connectivity index (χ1) is 16.5. The van der Waals surface area contributed by atoms with Crippen LogP contribution < -0.4 is 24.3 Å². The van der Waals surface area contributed by atoms with Crippen molar-refractivity contribution in [2.75, 3.05) is 33.8 Å². The molecule has 0 atom stereocenters. The van der Waals surface area contributed by atoms with Gasteiger partial charge in [-0.3, -0.25) is 4.79 Å². The Morgan fingerprint density at radius 2 is 1.44 bits per heavy atom. The number of amides is 1. The molecule has 6 nitrogen and oxygen atoms in total. The number of rotatable bonds is 9. The van der Waals surface area contributed by atoms with Crippen molar-refractivity contribution in [3.05, 3.63) is 83.2 Å². The van der Waals surface area contributed by atoms with Crippen molar-refractivity contribution in [1.82, 2.24) is 0 Å². The van der Waals surface area contributed by atoms with Gasteiger partial charge in [-0.1, -0.05) is 24.3 Å². The van der Waals surface area contributed by atoms with E-state index >= 15 is 0 Å². The number of nitrogens with one attached hydrogen (secondary N) is 1. The van der Waals surface area contributed by atoms with Crippen molar-refractivity contribution < 1.29 is 28.1 Å². The van der Waals surface area contributed by atoms with Crippen molar-refractivity contribution in [2.24, 2.45) is 0 Å². The number of carbonyl (C=O) groups is 1. The minimum absolute atomic E-state index is 0.332. The Bertz CT molecular complexity index is 1180. The quantitative estimate of drug-likeness (QED) is 0.327. The molecular weight excluding hydrogens is 437 g/mol. The fourth-order valence-electron chi connectivity index (χ4n) is 3.22. The first kappa shape index (κ1) is 24.4. The van der Waals surface area contributed by atoms with Gasteiger partial charge in [0.15, 0.2) is 11.5 Å². The second-order valence-electron chi connectivity index (χ2n) is 7.12. The summed E-state index contributed by atoms with van der Waals surface area (Å²) in [6.07, 6.45) is 6.73. The summed E-state index contributed by atoms with van der Waals surface area (Å²) < 4.78 is 34.5.